The van der Waals surface area contributed by atoms with Gasteiger partial charge in [0.25, 0.3) is 0 Å². The summed E-state index contributed by atoms with van der Waals surface area (Å²) in [6.07, 6.45) is 1.32. The number of aromatic carboxylic acids is 1. The molecule has 0 aliphatic carbocycles. The summed E-state index contributed by atoms with van der Waals surface area (Å²) in [5.41, 5.74) is 0.185. The number of carboxylic acids is 1. The SMILES string of the molecule is Cl.O=C(O)c1c(NCc2ccc(F)s2)cnn1CCF. The molecule has 2 heterocycles. The molecule has 2 aromatic heterocycles. The lowest BCUT2D eigenvalue weighted by atomic mass is 10.3. The molecule has 9 heteroatoms. The second-order valence-electron chi connectivity index (χ2n) is 3.68. The molecule has 0 aromatic carbocycles. The van der Waals surface area contributed by atoms with E-state index in [2.05, 4.69) is 10.4 Å². The molecule has 0 aliphatic rings. The van der Waals surface area contributed by atoms with Crippen LogP contribution in [-0.2, 0) is 13.1 Å². The Kier molecular flexibility index (Phi) is 5.90. The van der Waals surface area contributed by atoms with Crippen molar-refractivity contribution in [1.82, 2.24) is 9.78 Å². The van der Waals surface area contributed by atoms with Gasteiger partial charge in [0.2, 0.25) is 0 Å². The van der Waals surface area contributed by atoms with Crippen LogP contribution in [0.5, 0.6) is 0 Å². The molecule has 0 unspecified atom stereocenters. The van der Waals surface area contributed by atoms with Gasteiger partial charge in [-0.25, -0.2) is 9.18 Å². The van der Waals surface area contributed by atoms with E-state index in [4.69, 9.17) is 5.11 Å². The topological polar surface area (TPSA) is 67.2 Å². The molecule has 20 heavy (non-hydrogen) atoms. The zero-order valence-corrected chi connectivity index (χ0v) is 11.8. The smallest absolute Gasteiger partial charge is 0.356 e. The standard InChI is InChI=1S/C11H11F2N3O2S.ClH/c12-3-4-16-10(11(17)18)8(6-15-16)14-5-7-1-2-9(13)19-7;/h1-2,6,14H,3-5H2,(H,17,18);1H. The molecule has 110 valence electrons. The average molecular weight is 324 g/mol. The van der Waals surface area contributed by atoms with E-state index in [9.17, 15) is 13.6 Å². The number of alkyl halides is 1. The largest absolute Gasteiger partial charge is 0.476 e. The van der Waals surface area contributed by atoms with Crippen LogP contribution in [0.2, 0.25) is 0 Å². The molecule has 0 amide bonds. The molecule has 0 radical (unpaired) electrons. The van der Waals surface area contributed by atoms with E-state index in [0.29, 0.717) is 0 Å². The third kappa shape index (κ3) is 3.67. The molecule has 0 aliphatic heterocycles. The Labute approximate surface area is 123 Å². The number of hydrogen-bond acceptors (Lipinski definition) is 4. The minimum atomic E-state index is -1.19. The Morgan fingerprint density at radius 1 is 1.50 bits per heavy atom. The highest BCUT2D eigenvalue weighted by molar-refractivity contribution is 7.10. The van der Waals surface area contributed by atoms with Crippen molar-refractivity contribution in [3.8, 4) is 0 Å². The third-order valence-electron chi connectivity index (χ3n) is 2.42. The van der Waals surface area contributed by atoms with Crippen molar-refractivity contribution < 1.29 is 18.7 Å². The number of hydrogen-bond donors (Lipinski definition) is 2. The van der Waals surface area contributed by atoms with Crippen LogP contribution in [0.3, 0.4) is 0 Å². The van der Waals surface area contributed by atoms with E-state index >= 15 is 0 Å². The van der Waals surface area contributed by atoms with Gasteiger partial charge < -0.3 is 10.4 Å². The maximum atomic E-state index is 12.8. The number of thiophene rings is 1. The van der Waals surface area contributed by atoms with Gasteiger partial charge in [-0.05, 0) is 12.1 Å². The molecule has 0 atom stereocenters. The number of halogens is 3. The van der Waals surface area contributed by atoms with Crippen LogP contribution < -0.4 is 5.32 Å². The minimum absolute atomic E-state index is 0. The fourth-order valence-electron chi connectivity index (χ4n) is 1.62. The van der Waals surface area contributed by atoms with Gasteiger partial charge in [0.05, 0.1) is 18.4 Å². The van der Waals surface area contributed by atoms with Gasteiger partial charge in [-0.1, -0.05) is 0 Å². The second kappa shape index (κ2) is 7.20. The van der Waals surface area contributed by atoms with Crippen molar-refractivity contribution in [3.05, 3.63) is 34.0 Å². The normalized spacial score (nSPS) is 10.1. The van der Waals surface area contributed by atoms with Crippen molar-refractivity contribution in [2.24, 2.45) is 0 Å². The number of carbonyl (C=O) groups is 1. The van der Waals surface area contributed by atoms with Crippen molar-refractivity contribution in [2.45, 2.75) is 13.1 Å². The van der Waals surface area contributed by atoms with E-state index in [1.165, 1.54) is 12.3 Å². The first-order chi connectivity index (χ1) is 9.11. The summed E-state index contributed by atoms with van der Waals surface area (Å²) in [5.74, 6) is -1.19. The third-order valence-corrected chi connectivity index (χ3v) is 3.29. The number of rotatable bonds is 6. The summed E-state index contributed by atoms with van der Waals surface area (Å²) >= 11 is 0.974. The summed E-state index contributed by atoms with van der Waals surface area (Å²) < 4.78 is 26.2. The highest BCUT2D eigenvalue weighted by Crippen LogP contribution is 2.19. The highest BCUT2D eigenvalue weighted by atomic mass is 35.5. The van der Waals surface area contributed by atoms with Gasteiger partial charge in [0.15, 0.2) is 10.8 Å². The van der Waals surface area contributed by atoms with Crippen LogP contribution in [0.15, 0.2) is 18.3 Å². The number of carboxylic acid groups (broad SMARTS) is 1. The van der Waals surface area contributed by atoms with Gasteiger partial charge in [-0.3, -0.25) is 4.68 Å². The highest BCUT2D eigenvalue weighted by Gasteiger charge is 2.17. The molecule has 2 aromatic rings. The predicted octanol–water partition coefficient (Wildman–Crippen LogP) is 2.79. The van der Waals surface area contributed by atoms with Crippen LogP contribution in [0.25, 0.3) is 0 Å². The molecule has 0 spiro atoms. The Morgan fingerprint density at radius 3 is 2.80 bits per heavy atom. The van der Waals surface area contributed by atoms with Crippen LogP contribution in [0.4, 0.5) is 14.5 Å². The molecule has 0 saturated carbocycles. The van der Waals surface area contributed by atoms with Gasteiger partial charge in [-0.15, -0.1) is 23.7 Å². The first kappa shape index (κ1) is 16.4. The molecular formula is C11H12ClF2N3O2S. The minimum Gasteiger partial charge on any atom is -0.476 e. The van der Waals surface area contributed by atoms with Gasteiger partial charge in [-0.2, -0.15) is 9.49 Å². The van der Waals surface area contributed by atoms with E-state index < -0.39 is 12.6 Å². The quantitative estimate of drug-likeness (QED) is 0.858. The lowest BCUT2D eigenvalue weighted by molar-refractivity contribution is 0.0684. The van der Waals surface area contributed by atoms with E-state index in [1.54, 1.807) is 6.07 Å². The Balaban J connectivity index is 0.00000200. The van der Waals surface area contributed by atoms with Gasteiger partial charge >= 0.3 is 5.97 Å². The van der Waals surface area contributed by atoms with E-state index in [-0.39, 0.29) is 42.0 Å². The summed E-state index contributed by atoms with van der Waals surface area (Å²) in [4.78, 5) is 11.8. The Morgan fingerprint density at radius 2 is 2.25 bits per heavy atom. The number of aromatic nitrogens is 2. The van der Waals surface area contributed by atoms with Crippen molar-refractivity contribution >= 4 is 35.4 Å². The van der Waals surface area contributed by atoms with E-state index in [1.807, 2.05) is 0 Å². The van der Waals surface area contributed by atoms with Gasteiger partial charge in [0.1, 0.15) is 6.67 Å². The number of nitrogens with one attached hydrogen (secondary N) is 1. The maximum absolute atomic E-state index is 12.8. The fraction of sp³-hybridized carbons (Fsp3) is 0.273. The maximum Gasteiger partial charge on any atom is 0.356 e. The fourth-order valence-corrected chi connectivity index (χ4v) is 2.29. The molecular weight excluding hydrogens is 312 g/mol. The lowest BCUT2D eigenvalue weighted by Gasteiger charge is -2.05. The molecule has 0 fully saturated rings. The van der Waals surface area contributed by atoms with Crippen LogP contribution in [0, 0.1) is 5.13 Å². The summed E-state index contributed by atoms with van der Waals surface area (Å²) in [6, 6.07) is 2.95. The Hall–Kier alpha value is -1.67. The number of aryl methyl sites for hydroxylation is 1. The van der Waals surface area contributed by atoms with E-state index in [0.717, 1.165) is 20.9 Å². The first-order valence-corrected chi connectivity index (χ1v) is 6.26. The summed E-state index contributed by atoms with van der Waals surface area (Å²) in [7, 11) is 0. The molecule has 5 nitrogen and oxygen atoms in total. The molecule has 0 saturated heterocycles. The summed E-state index contributed by atoms with van der Waals surface area (Å²) in [5, 5.41) is 15.4. The van der Waals surface area contributed by atoms with Crippen LogP contribution >= 0.6 is 23.7 Å². The molecule has 0 bridgehead atoms. The molecule has 2 N–H and O–H groups in total. The summed E-state index contributed by atoms with van der Waals surface area (Å²) in [6.45, 7) is -0.523. The number of nitrogens with zero attached hydrogens (tertiary/aromatic N) is 2. The predicted molar refractivity (Wildman–Crippen MR) is 74.0 cm³/mol. The van der Waals surface area contributed by atoms with Gasteiger partial charge in [0, 0.05) is 11.4 Å². The average Bonchev–Trinajstić information content (AvgIpc) is 2.93. The van der Waals surface area contributed by atoms with Crippen LogP contribution in [-0.4, -0.2) is 27.5 Å². The van der Waals surface area contributed by atoms with Crippen molar-refractivity contribution in [1.29, 1.82) is 0 Å². The zero-order chi connectivity index (χ0) is 13.8. The first-order valence-electron chi connectivity index (χ1n) is 5.45. The number of anilines is 1. The Bertz CT molecular complexity index is 588. The molecule has 2 rings (SSSR count). The van der Waals surface area contributed by atoms with Crippen molar-refractivity contribution in [3.63, 3.8) is 0 Å². The lowest BCUT2D eigenvalue weighted by Crippen LogP contribution is -2.13. The second-order valence-corrected chi connectivity index (χ2v) is 4.80. The van der Waals surface area contributed by atoms with Crippen LogP contribution in [0.1, 0.15) is 15.4 Å². The monoisotopic (exact) mass is 323 g/mol. The van der Waals surface area contributed by atoms with Crippen molar-refractivity contribution in [2.75, 3.05) is 12.0 Å². The zero-order valence-electron chi connectivity index (χ0n) is 10.2.